The van der Waals surface area contributed by atoms with E-state index in [-0.39, 0.29) is 0 Å². The van der Waals surface area contributed by atoms with Gasteiger partial charge in [0, 0.05) is 11.8 Å². The molecule has 1 aromatic carbocycles. The van der Waals surface area contributed by atoms with Gasteiger partial charge in [-0.2, -0.15) is 0 Å². The SMILES string of the molecule is COc1cc(N)cc(COC2CCCCCC2)c1. The van der Waals surface area contributed by atoms with Crippen molar-refractivity contribution in [3.05, 3.63) is 23.8 Å². The van der Waals surface area contributed by atoms with Gasteiger partial charge >= 0.3 is 0 Å². The first-order chi connectivity index (χ1) is 8.78. The van der Waals surface area contributed by atoms with E-state index in [0.29, 0.717) is 12.7 Å². The van der Waals surface area contributed by atoms with E-state index in [4.69, 9.17) is 15.2 Å². The lowest BCUT2D eigenvalue weighted by Crippen LogP contribution is -2.11. The molecule has 1 fully saturated rings. The van der Waals surface area contributed by atoms with E-state index in [0.717, 1.165) is 17.0 Å². The highest BCUT2D eigenvalue weighted by Crippen LogP contribution is 2.23. The van der Waals surface area contributed by atoms with Gasteiger partial charge < -0.3 is 15.2 Å². The Morgan fingerprint density at radius 2 is 1.83 bits per heavy atom. The summed E-state index contributed by atoms with van der Waals surface area (Å²) < 4.78 is 11.2. The van der Waals surface area contributed by atoms with E-state index >= 15 is 0 Å². The van der Waals surface area contributed by atoms with E-state index in [2.05, 4.69) is 0 Å². The van der Waals surface area contributed by atoms with Gasteiger partial charge in [0.25, 0.3) is 0 Å². The predicted molar refractivity (Wildman–Crippen MR) is 73.7 cm³/mol. The summed E-state index contributed by atoms with van der Waals surface area (Å²) >= 11 is 0. The van der Waals surface area contributed by atoms with E-state index in [1.54, 1.807) is 7.11 Å². The Morgan fingerprint density at radius 3 is 2.50 bits per heavy atom. The molecule has 1 aliphatic rings. The van der Waals surface area contributed by atoms with Crippen molar-refractivity contribution in [3.8, 4) is 5.75 Å². The Bertz CT molecular complexity index is 371. The molecule has 0 aromatic heterocycles. The van der Waals surface area contributed by atoms with Gasteiger partial charge in [0.15, 0.2) is 0 Å². The van der Waals surface area contributed by atoms with Gasteiger partial charge in [0.05, 0.1) is 19.8 Å². The maximum Gasteiger partial charge on any atom is 0.121 e. The highest BCUT2D eigenvalue weighted by molar-refractivity contribution is 5.47. The lowest BCUT2D eigenvalue weighted by Gasteiger charge is -2.16. The molecule has 0 spiro atoms. The number of rotatable bonds is 4. The van der Waals surface area contributed by atoms with Crippen LogP contribution in [0.2, 0.25) is 0 Å². The van der Waals surface area contributed by atoms with Gasteiger partial charge in [0.2, 0.25) is 0 Å². The number of nitrogen functional groups attached to an aromatic ring is 1. The quantitative estimate of drug-likeness (QED) is 0.656. The second-order valence-electron chi connectivity index (χ2n) is 5.04. The summed E-state index contributed by atoms with van der Waals surface area (Å²) in [4.78, 5) is 0. The van der Waals surface area contributed by atoms with Crippen LogP contribution in [0, 0.1) is 0 Å². The lowest BCUT2D eigenvalue weighted by molar-refractivity contribution is 0.0309. The molecule has 1 aliphatic carbocycles. The molecule has 2 N–H and O–H groups in total. The molecular formula is C15H23NO2. The summed E-state index contributed by atoms with van der Waals surface area (Å²) in [5.74, 6) is 0.800. The summed E-state index contributed by atoms with van der Waals surface area (Å²) in [5.41, 5.74) is 7.66. The topological polar surface area (TPSA) is 44.5 Å². The third-order valence-electron chi connectivity index (χ3n) is 3.51. The molecule has 100 valence electrons. The van der Waals surface area contributed by atoms with Crippen molar-refractivity contribution < 1.29 is 9.47 Å². The van der Waals surface area contributed by atoms with Crippen LogP contribution in [0.15, 0.2) is 18.2 Å². The highest BCUT2D eigenvalue weighted by atomic mass is 16.5. The maximum absolute atomic E-state index is 5.99. The monoisotopic (exact) mass is 249 g/mol. The number of nitrogens with two attached hydrogens (primary N) is 1. The molecule has 0 saturated heterocycles. The highest BCUT2D eigenvalue weighted by Gasteiger charge is 2.12. The first-order valence-corrected chi connectivity index (χ1v) is 6.83. The van der Waals surface area contributed by atoms with Crippen molar-refractivity contribution in [2.75, 3.05) is 12.8 Å². The van der Waals surface area contributed by atoms with Crippen LogP contribution < -0.4 is 10.5 Å². The maximum atomic E-state index is 5.99. The number of anilines is 1. The minimum absolute atomic E-state index is 0.417. The fourth-order valence-electron chi connectivity index (χ4n) is 2.51. The normalized spacial score (nSPS) is 17.4. The van der Waals surface area contributed by atoms with Gasteiger partial charge in [-0.05, 0) is 30.5 Å². The Kier molecular flexibility index (Phi) is 4.88. The van der Waals surface area contributed by atoms with Crippen molar-refractivity contribution in [1.82, 2.24) is 0 Å². The standard InChI is InChI=1S/C15H23NO2/c1-17-15-9-12(8-13(16)10-15)11-18-14-6-4-2-3-5-7-14/h8-10,14H,2-7,11,16H2,1H3. The van der Waals surface area contributed by atoms with E-state index in [1.807, 2.05) is 18.2 Å². The Balaban J connectivity index is 1.90. The van der Waals surface area contributed by atoms with Crippen LogP contribution in [0.25, 0.3) is 0 Å². The van der Waals surface area contributed by atoms with Gasteiger partial charge in [-0.3, -0.25) is 0 Å². The second-order valence-corrected chi connectivity index (χ2v) is 5.04. The molecule has 3 heteroatoms. The summed E-state index contributed by atoms with van der Waals surface area (Å²) in [6.07, 6.45) is 8.10. The summed E-state index contributed by atoms with van der Waals surface area (Å²) in [7, 11) is 1.66. The average Bonchev–Trinajstić information content (AvgIpc) is 2.64. The van der Waals surface area contributed by atoms with Gasteiger partial charge in [-0.15, -0.1) is 0 Å². The molecule has 0 aliphatic heterocycles. The minimum atomic E-state index is 0.417. The van der Waals surface area contributed by atoms with Gasteiger partial charge in [-0.1, -0.05) is 25.7 Å². The van der Waals surface area contributed by atoms with E-state index < -0.39 is 0 Å². The van der Waals surface area contributed by atoms with Crippen LogP contribution in [-0.4, -0.2) is 13.2 Å². The van der Waals surface area contributed by atoms with Crippen molar-refractivity contribution in [1.29, 1.82) is 0 Å². The molecule has 0 heterocycles. The van der Waals surface area contributed by atoms with Crippen LogP contribution in [0.1, 0.15) is 44.1 Å². The number of hydrogen-bond donors (Lipinski definition) is 1. The number of benzene rings is 1. The number of ether oxygens (including phenoxy) is 2. The van der Waals surface area contributed by atoms with Crippen LogP contribution >= 0.6 is 0 Å². The molecule has 1 aromatic rings. The first-order valence-electron chi connectivity index (χ1n) is 6.83. The van der Waals surface area contributed by atoms with Crippen molar-refractivity contribution in [2.24, 2.45) is 0 Å². The van der Waals surface area contributed by atoms with Crippen LogP contribution in [0.3, 0.4) is 0 Å². The minimum Gasteiger partial charge on any atom is -0.497 e. The van der Waals surface area contributed by atoms with Crippen molar-refractivity contribution >= 4 is 5.69 Å². The van der Waals surface area contributed by atoms with Crippen molar-refractivity contribution in [3.63, 3.8) is 0 Å². The Morgan fingerprint density at radius 1 is 1.11 bits per heavy atom. The van der Waals surface area contributed by atoms with Gasteiger partial charge in [0.1, 0.15) is 5.75 Å². The molecule has 0 unspecified atom stereocenters. The fraction of sp³-hybridized carbons (Fsp3) is 0.600. The third kappa shape index (κ3) is 3.91. The molecule has 2 rings (SSSR count). The molecule has 0 amide bonds. The zero-order valence-electron chi connectivity index (χ0n) is 11.2. The molecule has 18 heavy (non-hydrogen) atoms. The molecule has 1 saturated carbocycles. The summed E-state index contributed by atoms with van der Waals surface area (Å²) in [5, 5.41) is 0. The molecule has 0 radical (unpaired) electrons. The van der Waals surface area contributed by atoms with Crippen LogP contribution in [0.4, 0.5) is 5.69 Å². The largest absolute Gasteiger partial charge is 0.497 e. The van der Waals surface area contributed by atoms with E-state index in [9.17, 15) is 0 Å². The summed E-state index contributed by atoms with van der Waals surface area (Å²) in [6.45, 7) is 0.631. The predicted octanol–water partition coefficient (Wildman–Crippen LogP) is 3.52. The smallest absolute Gasteiger partial charge is 0.121 e. The lowest BCUT2D eigenvalue weighted by atomic mass is 10.1. The molecule has 0 bridgehead atoms. The van der Waals surface area contributed by atoms with Gasteiger partial charge in [-0.25, -0.2) is 0 Å². The second kappa shape index (κ2) is 6.64. The first kappa shape index (κ1) is 13.2. The summed E-state index contributed by atoms with van der Waals surface area (Å²) in [6, 6.07) is 5.78. The Labute approximate surface area is 109 Å². The third-order valence-corrected chi connectivity index (χ3v) is 3.51. The fourth-order valence-corrected chi connectivity index (χ4v) is 2.51. The molecule has 0 atom stereocenters. The van der Waals surface area contributed by atoms with Crippen molar-refractivity contribution in [2.45, 2.75) is 51.2 Å². The van der Waals surface area contributed by atoms with Crippen LogP contribution in [0.5, 0.6) is 5.75 Å². The zero-order valence-corrected chi connectivity index (χ0v) is 11.2. The number of methoxy groups -OCH3 is 1. The number of hydrogen-bond acceptors (Lipinski definition) is 3. The molecule has 3 nitrogen and oxygen atoms in total. The Hall–Kier alpha value is -1.22. The van der Waals surface area contributed by atoms with E-state index in [1.165, 1.54) is 38.5 Å². The van der Waals surface area contributed by atoms with Crippen LogP contribution in [-0.2, 0) is 11.3 Å². The average molecular weight is 249 g/mol. The molecular weight excluding hydrogens is 226 g/mol. The zero-order chi connectivity index (χ0) is 12.8.